The summed E-state index contributed by atoms with van der Waals surface area (Å²) in [6.45, 7) is 9.60. The Bertz CT molecular complexity index is 944. The Morgan fingerprint density at radius 2 is 1.37 bits per heavy atom. The minimum absolute atomic E-state index is 0.193. The highest BCUT2D eigenvalue weighted by atomic mass is 32.1. The van der Waals surface area contributed by atoms with Gasteiger partial charge in [0.2, 0.25) is 5.91 Å². The van der Waals surface area contributed by atoms with Gasteiger partial charge in [0.15, 0.2) is 0 Å². The molecule has 0 radical (unpaired) electrons. The standard InChI is InChI=1S/C23H26N4OS2/c1-17(24-25(4)22(29)20-12-8-6-9-13-20)16-18(2)27(19(3)28)26(5)23(30)21-14-10-7-11-15-21/h6-15,24H,1-2,16H2,3-5H3. The van der Waals surface area contributed by atoms with E-state index in [9.17, 15) is 4.79 Å². The quantitative estimate of drug-likeness (QED) is 0.514. The Morgan fingerprint density at radius 1 is 0.900 bits per heavy atom. The van der Waals surface area contributed by atoms with E-state index in [2.05, 4.69) is 18.6 Å². The molecule has 0 aliphatic rings. The molecule has 0 fully saturated rings. The monoisotopic (exact) mass is 438 g/mol. The fourth-order valence-corrected chi connectivity index (χ4v) is 3.33. The van der Waals surface area contributed by atoms with Gasteiger partial charge in [0.25, 0.3) is 0 Å². The van der Waals surface area contributed by atoms with E-state index >= 15 is 0 Å². The van der Waals surface area contributed by atoms with Gasteiger partial charge in [-0.25, -0.2) is 5.01 Å². The Hall–Kier alpha value is -3.03. The number of nitrogens with zero attached hydrogens (tertiary/aromatic N) is 3. The van der Waals surface area contributed by atoms with Crippen molar-refractivity contribution in [3.63, 3.8) is 0 Å². The summed E-state index contributed by atoms with van der Waals surface area (Å²) in [5.41, 5.74) is 6.11. The average molecular weight is 439 g/mol. The molecule has 30 heavy (non-hydrogen) atoms. The van der Waals surface area contributed by atoms with Gasteiger partial charge in [-0.15, -0.1) is 0 Å². The molecule has 156 valence electrons. The summed E-state index contributed by atoms with van der Waals surface area (Å²) in [5, 5.41) is 4.80. The van der Waals surface area contributed by atoms with Crippen LogP contribution in [0, 0.1) is 0 Å². The second-order valence-corrected chi connectivity index (χ2v) is 7.49. The van der Waals surface area contributed by atoms with E-state index in [1.165, 1.54) is 11.9 Å². The molecule has 0 heterocycles. The van der Waals surface area contributed by atoms with Crippen molar-refractivity contribution < 1.29 is 4.79 Å². The number of hydrogen-bond donors (Lipinski definition) is 1. The van der Waals surface area contributed by atoms with Crippen LogP contribution in [-0.4, -0.2) is 45.0 Å². The zero-order valence-electron chi connectivity index (χ0n) is 17.5. The topological polar surface area (TPSA) is 38.8 Å². The Labute approximate surface area is 189 Å². The molecule has 0 spiro atoms. The largest absolute Gasteiger partial charge is 0.302 e. The lowest BCUT2D eigenvalue weighted by Gasteiger charge is -2.35. The molecule has 0 aliphatic heterocycles. The number of rotatable bonds is 7. The molecule has 0 bridgehead atoms. The minimum atomic E-state index is -0.193. The van der Waals surface area contributed by atoms with Crippen LogP contribution in [0.2, 0.25) is 0 Å². The van der Waals surface area contributed by atoms with Crippen molar-refractivity contribution in [1.82, 2.24) is 20.5 Å². The number of hydrazine groups is 2. The SMILES string of the molecule is C=C(CC(=C)N(C(C)=O)N(C)C(=S)c1ccccc1)NN(C)C(=S)c1ccccc1. The normalized spacial score (nSPS) is 9.97. The van der Waals surface area contributed by atoms with E-state index < -0.39 is 0 Å². The van der Waals surface area contributed by atoms with Crippen molar-refractivity contribution in [2.75, 3.05) is 14.1 Å². The third-order valence-corrected chi connectivity index (χ3v) is 5.29. The number of nitrogens with one attached hydrogen (secondary N) is 1. The van der Waals surface area contributed by atoms with E-state index in [1.807, 2.05) is 67.7 Å². The molecule has 2 rings (SSSR count). The van der Waals surface area contributed by atoms with Crippen molar-refractivity contribution in [3.8, 4) is 0 Å². The highest BCUT2D eigenvalue weighted by Gasteiger charge is 2.22. The summed E-state index contributed by atoms with van der Waals surface area (Å²) in [5.74, 6) is -0.193. The number of hydrogen-bond acceptors (Lipinski definition) is 4. The Balaban J connectivity index is 2.03. The maximum Gasteiger partial charge on any atom is 0.242 e. The van der Waals surface area contributed by atoms with E-state index in [0.717, 1.165) is 11.1 Å². The first kappa shape index (κ1) is 23.3. The molecule has 0 aromatic heterocycles. The predicted octanol–water partition coefficient (Wildman–Crippen LogP) is 4.29. The van der Waals surface area contributed by atoms with Gasteiger partial charge in [0, 0.05) is 50.0 Å². The molecule has 0 atom stereocenters. The molecule has 0 saturated carbocycles. The summed E-state index contributed by atoms with van der Waals surface area (Å²) in [6.07, 6.45) is 0.336. The lowest BCUT2D eigenvalue weighted by atomic mass is 10.2. The maximum atomic E-state index is 12.3. The predicted molar refractivity (Wildman–Crippen MR) is 130 cm³/mol. The van der Waals surface area contributed by atoms with Gasteiger partial charge in [-0.2, -0.15) is 0 Å². The number of carbonyl (C=O) groups is 1. The minimum Gasteiger partial charge on any atom is -0.302 e. The van der Waals surface area contributed by atoms with Gasteiger partial charge in [-0.1, -0.05) is 98.3 Å². The molecule has 2 aromatic rings. The zero-order valence-corrected chi connectivity index (χ0v) is 19.1. The van der Waals surface area contributed by atoms with Crippen molar-refractivity contribution >= 4 is 40.3 Å². The van der Waals surface area contributed by atoms with Crippen molar-refractivity contribution in [2.24, 2.45) is 0 Å². The third-order valence-electron chi connectivity index (χ3n) is 4.28. The van der Waals surface area contributed by atoms with Crippen LogP contribution in [0.4, 0.5) is 0 Å². The van der Waals surface area contributed by atoms with Gasteiger partial charge in [0.05, 0.1) is 0 Å². The molecule has 2 aromatic carbocycles. The number of amides is 1. The Kier molecular flexibility index (Phi) is 8.26. The van der Waals surface area contributed by atoms with Crippen LogP contribution in [0.5, 0.6) is 0 Å². The summed E-state index contributed by atoms with van der Waals surface area (Å²) >= 11 is 11.1. The summed E-state index contributed by atoms with van der Waals surface area (Å²) in [7, 11) is 3.57. The van der Waals surface area contributed by atoms with Crippen LogP contribution >= 0.6 is 24.4 Å². The van der Waals surface area contributed by atoms with E-state index in [4.69, 9.17) is 24.4 Å². The Morgan fingerprint density at radius 3 is 1.83 bits per heavy atom. The van der Waals surface area contributed by atoms with Crippen LogP contribution in [0.15, 0.2) is 85.2 Å². The number of carbonyl (C=O) groups excluding carboxylic acids is 1. The van der Waals surface area contributed by atoms with Crippen LogP contribution < -0.4 is 5.43 Å². The van der Waals surface area contributed by atoms with E-state index in [-0.39, 0.29) is 5.91 Å². The zero-order chi connectivity index (χ0) is 22.3. The first-order chi connectivity index (χ1) is 14.2. The second-order valence-electron chi connectivity index (χ2n) is 6.71. The van der Waals surface area contributed by atoms with E-state index in [0.29, 0.717) is 27.8 Å². The van der Waals surface area contributed by atoms with Crippen molar-refractivity contribution in [2.45, 2.75) is 13.3 Å². The molecule has 1 amide bonds. The van der Waals surface area contributed by atoms with Crippen LogP contribution in [0.25, 0.3) is 0 Å². The highest BCUT2D eigenvalue weighted by Crippen LogP contribution is 2.17. The molecule has 0 aliphatic carbocycles. The molecular formula is C23H26N4OS2. The van der Waals surface area contributed by atoms with Crippen molar-refractivity contribution in [1.29, 1.82) is 0 Å². The van der Waals surface area contributed by atoms with Gasteiger partial charge in [0.1, 0.15) is 9.98 Å². The number of thiocarbonyl (C=S) groups is 2. The molecule has 7 heteroatoms. The van der Waals surface area contributed by atoms with Crippen LogP contribution in [-0.2, 0) is 4.79 Å². The van der Waals surface area contributed by atoms with Crippen LogP contribution in [0.3, 0.4) is 0 Å². The molecular weight excluding hydrogens is 412 g/mol. The highest BCUT2D eigenvalue weighted by molar-refractivity contribution is 7.80. The molecule has 5 nitrogen and oxygen atoms in total. The van der Waals surface area contributed by atoms with Gasteiger partial charge < -0.3 is 5.43 Å². The fourth-order valence-electron chi connectivity index (χ4n) is 2.93. The van der Waals surface area contributed by atoms with Gasteiger partial charge >= 0.3 is 0 Å². The molecule has 0 saturated heterocycles. The van der Waals surface area contributed by atoms with Gasteiger partial charge in [-0.3, -0.25) is 14.8 Å². The molecule has 0 unspecified atom stereocenters. The smallest absolute Gasteiger partial charge is 0.242 e. The van der Waals surface area contributed by atoms with Crippen molar-refractivity contribution in [3.05, 3.63) is 96.3 Å². The van der Waals surface area contributed by atoms with Gasteiger partial charge in [-0.05, 0) is 0 Å². The second kappa shape index (κ2) is 10.7. The summed E-state index contributed by atoms with van der Waals surface area (Å²) in [4.78, 5) is 13.5. The maximum absolute atomic E-state index is 12.3. The molecule has 1 N–H and O–H groups in total. The fraction of sp³-hybridized carbons (Fsp3) is 0.174. The third kappa shape index (κ3) is 5.98. The lowest BCUT2D eigenvalue weighted by molar-refractivity contribution is -0.135. The van der Waals surface area contributed by atoms with E-state index in [1.54, 1.807) is 17.1 Å². The lowest BCUT2D eigenvalue weighted by Crippen LogP contribution is -2.46. The number of benzene rings is 2. The average Bonchev–Trinajstić information content (AvgIpc) is 2.73. The van der Waals surface area contributed by atoms with Crippen LogP contribution in [0.1, 0.15) is 24.5 Å². The summed E-state index contributed by atoms with van der Waals surface area (Å²) < 4.78 is 0. The first-order valence-corrected chi connectivity index (χ1v) is 10.1. The first-order valence-electron chi connectivity index (χ1n) is 9.31. The summed E-state index contributed by atoms with van der Waals surface area (Å²) in [6, 6.07) is 19.2.